The zero-order chi connectivity index (χ0) is 21.3. The second-order valence-electron chi connectivity index (χ2n) is 8.39. The summed E-state index contributed by atoms with van der Waals surface area (Å²) < 4.78 is 18.5. The average molecular weight is 416 g/mol. The molecule has 6 heteroatoms. The maximum absolute atomic E-state index is 13.0. The number of halogens is 1. The van der Waals surface area contributed by atoms with Crippen molar-refractivity contribution in [3.05, 3.63) is 53.2 Å². The number of hydrogen-bond acceptors (Lipinski definition) is 4. The first-order chi connectivity index (χ1) is 14.6. The van der Waals surface area contributed by atoms with Crippen molar-refractivity contribution in [1.82, 2.24) is 15.4 Å². The maximum atomic E-state index is 13.0. The molecule has 0 saturated heterocycles. The molecule has 30 heavy (non-hydrogen) atoms. The number of carbonyl (C=O) groups excluding carboxylic acids is 1. The Labute approximate surface area is 179 Å². The van der Waals surface area contributed by atoms with E-state index in [1.807, 2.05) is 0 Å². The molecule has 0 radical (unpaired) electrons. The van der Waals surface area contributed by atoms with Gasteiger partial charge in [-0.3, -0.25) is 9.69 Å². The number of aromatic nitrogens is 1. The molecule has 0 bridgehead atoms. The van der Waals surface area contributed by atoms with Gasteiger partial charge < -0.3 is 9.84 Å². The number of nitrogens with one attached hydrogen (secondary N) is 1. The van der Waals surface area contributed by atoms with Crippen LogP contribution in [0.2, 0.25) is 0 Å². The molecule has 1 aliphatic rings. The van der Waals surface area contributed by atoms with E-state index in [0.29, 0.717) is 19.1 Å². The topological polar surface area (TPSA) is 58.4 Å². The molecule has 1 amide bonds. The third-order valence-electron chi connectivity index (χ3n) is 6.19. The van der Waals surface area contributed by atoms with E-state index in [9.17, 15) is 9.18 Å². The third-order valence-corrected chi connectivity index (χ3v) is 6.19. The van der Waals surface area contributed by atoms with Crippen LogP contribution in [0, 0.1) is 11.7 Å². The van der Waals surface area contributed by atoms with Crippen LogP contribution < -0.4 is 5.32 Å². The van der Waals surface area contributed by atoms with Crippen molar-refractivity contribution in [2.24, 2.45) is 5.92 Å². The van der Waals surface area contributed by atoms with Crippen LogP contribution in [0.4, 0.5) is 4.39 Å². The summed E-state index contributed by atoms with van der Waals surface area (Å²) >= 11 is 0. The Bertz CT molecular complexity index is 780. The van der Waals surface area contributed by atoms with E-state index in [1.165, 1.54) is 44.2 Å². The second-order valence-corrected chi connectivity index (χ2v) is 8.39. The first kappa shape index (κ1) is 22.5. The van der Waals surface area contributed by atoms with Gasteiger partial charge in [0.2, 0.25) is 0 Å². The average Bonchev–Trinajstić information content (AvgIpc) is 3.23. The number of nitrogens with zero attached hydrogens (tertiary/aromatic N) is 2. The van der Waals surface area contributed by atoms with Gasteiger partial charge in [0.15, 0.2) is 11.5 Å². The summed E-state index contributed by atoms with van der Waals surface area (Å²) in [7, 11) is 0. The Morgan fingerprint density at radius 2 is 1.90 bits per heavy atom. The molecule has 1 saturated carbocycles. The van der Waals surface area contributed by atoms with E-state index in [-0.39, 0.29) is 17.4 Å². The van der Waals surface area contributed by atoms with E-state index in [1.54, 1.807) is 18.2 Å². The molecule has 0 aliphatic heterocycles. The smallest absolute Gasteiger partial charge is 0.273 e. The minimum Gasteiger partial charge on any atom is -0.359 e. The maximum Gasteiger partial charge on any atom is 0.273 e. The van der Waals surface area contributed by atoms with Gasteiger partial charge in [-0.1, -0.05) is 50.4 Å². The number of rotatable bonds is 10. The number of carbonyl (C=O) groups is 1. The Morgan fingerprint density at radius 3 is 2.57 bits per heavy atom. The molecule has 1 N–H and O–H groups in total. The molecule has 1 aliphatic carbocycles. The highest BCUT2D eigenvalue weighted by Gasteiger charge is 2.23. The molecule has 1 aromatic carbocycles. The quantitative estimate of drug-likeness (QED) is 0.571. The monoisotopic (exact) mass is 415 g/mol. The molecule has 5 nitrogen and oxygen atoms in total. The summed E-state index contributed by atoms with van der Waals surface area (Å²) in [5.74, 6) is 0.905. The predicted octanol–water partition coefficient (Wildman–Crippen LogP) is 5.31. The van der Waals surface area contributed by atoms with Crippen molar-refractivity contribution < 1.29 is 13.7 Å². The molecule has 1 fully saturated rings. The van der Waals surface area contributed by atoms with Crippen LogP contribution >= 0.6 is 0 Å². The number of amides is 1. The molecule has 164 valence electrons. The third kappa shape index (κ3) is 6.39. The first-order valence-electron chi connectivity index (χ1n) is 11.3. The Balaban J connectivity index is 1.58. The zero-order valence-corrected chi connectivity index (χ0v) is 18.2. The second kappa shape index (κ2) is 11.3. The highest BCUT2D eigenvalue weighted by molar-refractivity contribution is 5.92. The van der Waals surface area contributed by atoms with Gasteiger partial charge in [0.05, 0.1) is 6.54 Å². The van der Waals surface area contributed by atoms with Crippen molar-refractivity contribution in [2.45, 2.75) is 77.9 Å². The minimum atomic E-state index is -0.290. The van der Waals surface area contributed by atoms with Crippen molar-refractivity contribution in [3.8, 4) is 0 Å². The van der Waals surface area contributed by atoms with Crippen molar-refractivity contribution in [2.75, 3.05) is 6.54 Å². The van der Waals surface area contributed by atoms with Crippen LogP contribution in [0.1, 0.15) is 80.6 Å². The summed E-state index contributed by atoms with van der Waals surface area (Å²) in [4.78, 5) is 14.9. The van der Waals surface area contributed by atoms with E-state index < -0.39 is 0 Å². The van der Waals surface area contributed by atoms with Gasteiger partial charge in [-0.05, 0) is 49.3 Å². The molecule has 3 rings (SSSR count). The first-order valence-corrected chi connectivity index (χ1v) is 11.3. The molecule has 1 aromatic heterocycles. The van der Waals surface area contributed by atoms with Gasteiger partial charge in [-0.25, -0.2) is 4.39 Å². The fourth-order valence-corrected chi connectivity index (χ4v) is 4.42. The normalized spacial score (nSPS) is 15.1. The van der Waals surface area contributed by atoms with E-state index in [2.05, 4.69) is 29.2 Å². The van der Waals surface area contributed by atoms with Gasteiger partial charge in [-0.2, -0.15) is 0 Å². The van der Waals surface area contributed by atoms with Crippen LogP contribution in [-0.2, 0) is 13.1 Å². The summed E-state index contributed by atoms with van der Waals surface area (Å²) in [5.41, 5.74) is 1.12. The number of hydrogen-bond donors (Lipinski definition) is 1. The molecular weight excluding hydrogens is 381 g/mol. The Morgan fingerprint density at radius 1 is 1.20 bits per heavy atom. The van der Waals surface area contributed by atoms with E-state index >= 15 is 0 Å². The molecule has 1 heterocycles. The summed E-state index contributed by atoms with van der Waals surface area (Å²) in [5, 5.41) is 6.79. The van der Waals surface area contributed by atoms with Crippen LogP contribution in [0.15, 0.2) is 34.9 Å². The number of benzene rings is 1. The van der Waals surface area contributed by atoms with Crippen LogP contribution in [0.25, 0.3) is 0 Å². The largest absolute Gasteiger partial charge is 0.359 e. The molecule has 0 unspecified atom stereocenters. The minimum absolute atomic E-state index is 0.282. The Hall–Kier alpha value is -2.21. The Kier molecular flexibility index (Phi) is 8.43. The van der Waals surface area contributed by atoms with Gasteiger partial charge in [0.25, 0.3) is 5.91 Å². The summed E-state index contributed by atoms with van der Waals surface area (Å²) in [6, 6.07) is 8.33. The SMILES string of the molecule is CCC(CC)N(Cc1cc(C(=O)NCc2ccc(F)cc2)no1)CC1CCCCC1. The lowest BCUT2D eigenvalue weighted by atomic mass is 9.88. The molecule has 0 spiro atoms. The van der Waals surface area contributed by atoms with E-state index in [4.69, 9.17) is 4.52 Å². The fourth-order valence-electron chi connectivity index (χ4n) is 4.42. The lowest BCUT2D eigenvalue weighted by Crippen LogP contribution is -2.38. The van der Waals surface area contributed by atoms with Gasteiger partial charge >= 0.3 is 0 Å². The molecule has 2 aromatic rings. The van der Waals surface area contributed by atoms with Crippen LogP contribution in [0.3, 0.4) is 0 Å². The lowest BCUT2D eigenvalue weighted by molar-refractivity contribution is 0.0941. The van der Waals surface area contributed by atoms with Crippen molar-refractivity contribution >= 4 is 5.91 Å². The van der Waals surface area contributed by atoms with Gasteiger partial charge in [0, 0.05) is 25.2 Å². The van der Waals surface area contributed by atoms with Gasteiger partial charge in [-0.15, -0.1) is 0 Å². The standard InChI is InChI=1S/C24H34FN3O2/c1-3-21(4-2)28(16-19-8-6-5-7-9-19)17-22-14-23(27-30-22)24(29)26-15-18-10-12-20(25)13-11-18/h10-14,19,21H,3-9,15-17H2,1-2H3,(H,26,29). The highest BCUT2D eigenvalue weighted by atomic mass is 19.1. The van der Waals surface area contributed by atoms with Crippen LogP contribution in [-0.4, -0.2) is 28.6 Å². The molecular formula is C24H34FN3O2. The fraction of sp³-hybridized carbons (Fsp3) is 0.583. The van der Waals surface area contributed by atoms with Crippen LogP contribution in [0.5, 0.6) is 0 Å². The summed E-state index contributed by atoms with van der Waals surface area (Å²) in [6.07, 6.45) is 8.85. The predicted molar refractivity (Wildman–Crippen MR) is 115 cm³/mol. The van der Waals surface area contributed by atoms with Gasteiger partial charge in [0.1, 0.15) is 5.82 Å². The molecule has 0 atom stereocenters. The van der Waals surface area contributed by atoms with Crippen molar-refractivity contribution in [3.63, 3.8) is 0 Å². The summed E-state index contributed by atoms with van der Waals surface area (Å²) in [6.45, 7) is 6.55. The lowest BCUT2D eigenvalue weighted by Gasteiger charge is -2.34. The highest BCUT2D eigenvalue weighted by Crippen LogP contribution is 2.26. The van der Waals surface area contributed by atoms with Crippen molar-refractivity contribution in [1.29, 1.82) is 0 Å². The zero-order valence-electron chi connectivity index (χ0n) is 18.2. The van der Waals surface area contributed by atoms with E-state index in [0.717, 1.165) is 36.6 Å².